The number of nitrogens with zero attached hydrogens (tertiary/aromatic N) is 1. The molecule has 0 aromatic carbocycles. The van der Waals surface area contributed by atoms with Gasteiger partial charge in [0, 0.05) is 23.7 Å². The maximum atomic E-state index is 4.25. The lowest BCUT2D eigenvalue weighted by atomic mass is 10.2. The smallest absolute Gasteiger partial charge is 0.0897 e. The Labute approximate surface area is 102 Å². The average molecular weight is 247 g/mol. The molecule has 86 valence electrons. The summed E-state index contributed by atoms with van der Waals surface area (Å²) < 4.78 is 0. The molecule has 2 rings (SSSR count). The third-order valence-corrected chi connectivity index (χ3v) is 3.70. The Hall–Kier alpha value is -0.120. The topological polar surface area (TPSA) is 24.9 Å². The fourth-order valence-electron chi connectivity index (χ4n) is 1.91. The number of hydrogen-bond acceptors (Lipinski definition) is 3. The van der Waals surface area contributed by atoms with Gasteiger partial charge in [0.15, 0.2) is 0 Å². The standard InChI is InChI=1S/C11H18N2S.ClH/c1-3-4-9-5-11(9)13-7-10-6-12-8(2)14-10;/h6,9,11,13H,3-5,7H2,1-2H3;1H. The number of rotatable bonds is 5. The first-order valence-corrected chi connectivity index (χ1v) is 6.26. The van der Waals surface area contributed by atoms with Gasteiger partial charge in [-0.15, -0.1) is 23.7 Å². The van der Waals surface area contributed by atoms with E-state index in [9.17, 15) is 0 Å². The maximum absolute atomic E-state index is 4.25. The molecule has 0 aliphatic heterocycles. The van der Waals surface area contributed by atoms with Crippen LogP contribution in [0.5, 0.6) is 0 Å². The van der Waals surface area contributed by atoms with E-state index in [-0.39, 0.29) is 12.4 Å². The Bertz CT molecular complexity index is 301. The molecule has 0 saturated heterocycles. The summed E-state index contributed by atoms with van der Waals surface area (Å²) in [6, 6.07) is 0.789. The van der Waals surface area contributed by atoms with Gasteiger partial charge < -0.3 is 5.32 Å². The van der Waals surface area contributed by atoms with Gasteiger partial charge in [0.05, 0.1) is 5.01 Å². The van der Waals surface area contributed by atoms with Crippen LogP contribution in [0.4, 0.5) is 0 Å². The molecule has 0 radical (unpaired) electrons. The molecule has 1 N–H and O–H groups in total. The van der Waals surface area contributed by atoms with Crippen molar-refractivity contribution in [1.29, 1.82) is 0 Å². The Balaban J connectivity index is 0.00000112. The van der Waals surface area contributed by atoms with E-state index in [1.807, 2.05) is 6.20 Å². The second-order valence-electron chi connectivity index (χ2n) is 4.12. The van der Waals surface area contributed by atoms with E-state index < -0.39 is 0 Å². The Morgan fingerprint density at radius 1 is 1.60 bits per heavy atom. The summed E-state index contributed by atoms with van der Waals surface area (Å²) >= 11 is 1.80. The van der Waals surface area contributed by atoms with Crippen LogP contribution < -0.4 is 5.32 Å². The van der Waals surface area contributed by atoms with E-state index in [1.165, 1.54) is 29.1 Å². The van der Waals surface area contributed by atoms with Crippen LogP contribution in [0.2, 0.25) is 0 Å². The summed E-state index contributed by atoms with van der Waals surface area (Å²) in [7, 11) is 0. The number of hydrogen-bond donors (Lipinski definition) is 1. The number of halogens is 1. The van der Waals surface area contributed by atoms with Gasteiger partial charge in [-0.1, -0.05) is 13.3 Å². The van der Waals surface area contributed by atoms with Gasteiger partial charge in [0.1, 0.15) is 0 Å². The molecule has 15 heavy (non-hydrogen) atoms. The maximum Gasteiger partial charge on any atom is 0.0897 e. The molecule has 1 heterocycles. The van der Waals surface area contributed by atoms with Crippen molar-refractivity contribution < 1.29 is 0 Å². The van der Waals surface area contributed by atoms with E-state index in [4.69, 9.17) is 0 Å². The van der Waals surface area contributed by atoms with Crippen LogP contribution in [0.1, 0.15) is 36.1 Å². The fraction of sp³-hybridized carbons (Fsp3) is 0.727. The van der Waals surface area contributed by atoms with Crippen molar-refractivity contribution >= 4 is 23.7 Å². The van der Waals surface area contributed by atoms with E-state index in [0.29, 0.717) is 0 Å². The molecule has 1 aromatic heterocycles. The molecule has 0 bridgehead atoms. The van der Waals surface area contributed by atoms with E-state index in [0.717, 1.165) is 18.5 Å². The summed E-state index contributed by atoms with van der Waals surface area (Å²) in [5.41, 5.74) is 0. The minimum Gasteiger partial charge on any atom is -0.309 e. The Morgan fingerprint density at radius 3 is 3.00 bits per heavy atom. The first-order chi connectivity index (χ1) is 6.79. The predicted molar refractivity (Wildman–Crippen MR) is 67.7 cm³/mol. The van der Waals surface area contributed by atoms with Gasteiger partial charge in [-0.05, 0) is 25.7 Å². The molecule has 2 unspecified atom stereocenters. The zero-order valence-corrected chi connectivity index (χ0v) is 11.0. The van der Waals surface area contributed by atoms with Crippen molar-refractivity contribution in [2.45, 2.75) is 45.7 Å². The van der Waals surface area contributed by atoms with Crippen molar-refractivity contribution in [1.82, 2.24) is 10.3 Å². The van der Waals surface area contributed by atoms with Gasteiger partial charge >= 0.3 is 0 Å². The van der Waals surface area contributed by atoms with Crippen LogP contribution in [0, 0.1) is 12.8 Å². The lowest BCUT2D eigenvalue weighted by Crippen LogP contribution is -2.16. The molecule has 1 fully saturated rings. The molecule has 1 aromatic rings. The Kier molecular flexibility index (Phi) is 5.03. The van der Waals surface area contributed by atoms with E-state index in [2.05, 4.69) is 24.1 Å². The van der Waals surface area contributed by atoms with Crippen molar-refractivity contribution in [3.05, 3.63) is 16.1 Å². The molecule has 4 heteroatoms. The molecule has 0 spiro atoms. The quantitative estimate of drug-likeness (QED) is 0.864. The largest absolute Gasteiger partial charge is 0.309 e. The summed E-state index contributed by atoms with van der Waals surface area (Å²) in [5, 5.41) is 4.76. The van der Waals surface area contributed by atoms with E-state index in [1.54, 1.807) is 11.3 Å². The monoisotopic (exact) mass is 246 g/mol. The SMILES string of the molecule is CCCC1CC1NCc1cnc(C)s1.Cl. The summed E-state index contributed by atoms with van der Waals surface area (Å²) in [6.07, 6.45) is 6.08. The van der Waals surface area contributed by atoms with Gasteiger partial charge in [0.2, 0.25) is 0 Å². The van der Waals surface area contributed by atoms with Crippen molar-refractivity contribution in [2.75, 3.05) is 0 Å². The van der Waals surface area contributed by atoms with E-state index >= 15 is 0 Å². The van der Waals surface area contributed by atoms with Gasteiger partial charge in [0.25, 0.3) is 0 Å². The normalized spacial score (nSPS) is 23.6. The molecular weight excluding hydrogens is 228 g/mol. The lowest BCUT2D eigenvalue weighted by molar-refractivity contribution is 0.602. The predicted octanol–water partition coefficient (Wildman–Crippen LogP) is 3.15. The number of thiazole rings is 1. The molecule has 1 aliphatic carbocycles. The zero-order valence-electron chi connectivity index (χ0n) is 9.32. The minimum atomic E-state index is 0. The molecule has 0 amide bonds. The number of aromatic nitrogens is 1. The van der Waals surface area contributed by atoms with Crippen molar-refractivity contribution in [2.24, 2.45) is 5.92 Å². The third kappa shape index (κ3) is 3.74. The van der Waals surface area contributed by atoms with Gasteiger partial charge in [-0.2, -0.15) is 0 Å². The van der Waals surface area contributed by atoms with Crippen LogP contribution in [0.15, 0.2) is 6.20 Å². The number of nitrogens with one attached hydrogen (secondary N) is 1. The molecule has 2 atom stereocenters. The minimum absolute atomic E-state index is 0. The van der Waals surface area contributed by atoms with Gasteiger partial charge in [-0.25, -0.2) is 4.98 Å². The second kappa shape index (κ2) is 5.83. The highest BCUT2D eigenvalue weighted by Crippen LogP contribution is 2.34. The highest BCUT2D eigenvalue weighted by atomic mass is 35.5. The van der Waals surface area contributed by atoms with Crippen LogP contribution in [-0.4, -0.2) is 11.0 Å². The van der Waals surface area contributed by atoms with Gasteiger partial charge in [-0.3, -0.25) is 0 Å². The molecule has 1 saturated carbocycles. The first-order valence-electron chi connectivity index (χ1n) is 5.44. The molecule has 2 nitrogen and oxygen atoms in total. The Morgan fingerprint density at radius 2 is 2.40 bits per heavy atom. The van der Waals surface area contributed by atoms with Crippen LogP contribution in [0.3, 0.4) is 0 Å². The highest BCUT2D eigenvalue weighted by Gasteiger charge is 2.35. The summed E-state index contributed by atoms with van der Waals surface area (Å²) in [6.45, 7) is 5.34. The first kappa shape index (κ1) is 12.9. The van der Waals surface area contributed by atoms with Crippen LogP contribution in [0.25, 0.3) is 0 Å². The van der Waals surface area contributed by atoms with Crippen LogP contribution >= 0.6 is 23.7 Å². The summed E-state index contributed by atoms with van der Waals surface area (Å²) in [5.74, 6) is 0.953. The fourth-order valence-corrected chi connectivity index (χ4v) is 2.65. The molecular formula is C11H19ClN2S. The third-order valence-electron chi connectivity index (χ3n) is 2.79. The van der Waals surface area contributed by atoms with Crippen LogP contribution in [-0.2, 0) is 6.54 Å². The zero-order chi connectivity index (χ0) is 9.97. The molecule has 1 aliphatic rings. The van der Waals surface area contributed by atoms with Crippen molar-refractivity contribution in [3.63, 3.8) is 0 Å². The second-order valence-corrected chi connectivity index (χ2v) is 5.44. The number of aryl methyl sites for hydroxylation is 1. The van der Waals surface area contributed by atoms with Crippen molar-refractivity contribution in [3.8, 4) is 0 Å². The summed E-state index contributed by atoms with van der Waals surface area (Å²) in [4.78, 5) is 5.61. The average Bonchev–Trinajstić information content (AvgIpc) is 2.77. The lowest BCUT2D eigenvalue weighted by Gasteiger charge is -2.00. The highest BCUT2D eigenvalue weighted by molar-refractivity contribution is 7.11.